The van der Waals surface area contributed by atoms with Gasteiger partial charge in [0.1, 0.15) is 0 Å². The minimum Gasteiger partial charge on any atom is -0.376 e. The Morgan fingerprint density at radius 2 is 2.40 bits per heavy atom. The molecule has 1 aliphatic rings. The van der Waals surface area contributed by atoms with Gasteiger partial charge in [-0.2, -0.15) is 0 Å². The van der Waals surface area contributed by atoms with E-state index in [0.717, 1.165) is 18.7 Å². The summed E-state index contributed by atoms with van der Waals surface area (Å²) in [6, 6.07) is 0.166. The van der Waals surface area contributed by atoms with Crippen molar-refractivity contribution in [3.05, 3.63) is 24.3 Å². The van der Waals surface area contributed by atoms with Gasteiger partial charge in [0.25, 0.3) is 0 Å². The molecule has 1 N–H and O–H groups in total. The summed E-state index contributed by atoms with van der Waals surface area (Å²) in [5.74, 6) is 0. The van der Waals surface area contributed by atoms with E-state index in [1.807, 2.05) is 7.05 Å². The summed E-state index contributed by atoms with van der Waals surface area (Å²) >= 11 is 0. The molecule has 2 heterocycles. The van der Waals surface area contributed by atoms with Crippen LogP contribution >= 0.6 is 0 Å². The van der Waals surface area contributed by atoms with Crippen molar-refractivity contribution >= 4 is 0 Å². The number of ether oxygens (including phenoxy) is 1. The van der Waals surface area contributed by atoms with E-state index in [9.17, 15) is 0 Å². The molecule has 4 nitrogen and oxygen atoms in total. The normalized spacial score (nSPS) is 23.7. The van der Waals surface area contributed by atoms with Crippen molar-refractivity contribution < 1.29 is 4.74 Å². The van der Waals surface area contributed by atoms with Gasteiger partial charge in [0.05, 0.1) is 24.0 Å². The number of nitrogens with one attached hydrogen (secondary N) is 1. The lowest BCUT2D eigenvalue weighted by Gasteiger charge is -2.29. The van der Waals surface area contributed by atoms with E-state index in [-0.39, 0.29) is 12.1 Å². The van der Waals surface area contributed by atoms with Gasteiger partial charge in [-0.1, -0.05) is 0 Å². The number of aromatic nitrogens is 2. The van der Waals surface area contributed by atoms with Crippen LogP contribution in [0.1, 0.15) is 31.0 Å². The molecular formula is C11H17N3O. The molecule has 15 heavy (non-hydrogen) atoms. The Balaban J connectivity index is 2.09. The molecule has 1 saturated heterocycles. The lowest BCUT2D eigenvalue weighted by Crippen LogP contribution is -2.34. The van der Waals surface area contributed by atoms with E-state index in [1.165, 1.54) is 12.8 Å². The van der Waals surface area contributed by atoms with Crippen LogP contribution in [0.5, 0.6) is 0 Å². The Morgan fingerprint density at radius 1 is 1.47 bits per heavy atom. The van der Waals surface area contributed by atoms with E-state index >= 15 is 0 Å². The molecule has 2 atom stereocenters. The Bertz CT molecular complexity index is 285. The van der Waals surface area contributed by atoms with Gasteiger partial charge in [0, 0.05) is 19.0 Å². The fraction of sp³-hybridized carbons (Fsp3) is 0.636. The van der Waals surface area contributed by atoms with Crippen LogP contribution in [0, 0.1) is 0 Å². The molecule has 2 rings (SSSR count). The van der Waals surface area contributed by atoms with Gasteiger partial charge in [0.2, 0.25) is 0 Å². The van der Waals surface area contributed by atoms with E-state index in [2.05, 4.69) is 15.3 Å². The number of hydrogen-bond acceptors (Lipinski definition) is 4. The molecule has 0 amide bonds. The minimum atomic E-state index is 0.166. The second kappa shape index (κ2) is 5.19. The highest BCUT2D eigenvalue weighted by Gasteiger charge is 2.25. The molecule has 0 radical (unpaired) electrons. The van der Waals surface area contributed by atoms with Crippen LogP contribution in [0.25, 0.3) is 0 Å². The maximum absolute atomic E-state index is 5.76. The van der Waals surface area contributed by atoms with Crippen LogP contribution in [-0.2, 0) is 4.74 Å². The van der Waals surface area contributed by atoms with Crippen LogP contribution in [0.15, 0.2) is 18.6 Å². The molecule has 1 fully saturated rings. The fourth-order valence-electron chi connectivity index (χ4n) is 2.02. The van der Waals surface area contributed by atoms with E-state index in [1.54, 1.807) is 18.6 Å². The van der Waals surface area contributed by atoms with Gasteiger partial charge < -0.3 is 10.1 Å². The average Bonchev–Trinajstić information content (AvgIpc) is 2.33. The number of likely N-dealkylation sites (N-methyl/N-ethyl adjacent to an activating group) is 1. The van der Waals surface area contributed by atoms with Gasteiger partial charge >= 0.3 is 0 Å². The zero-order valence-corrected chi connectivity index (χ0v) is 9.02. The maximum atomic E-state index is 5.76. The predicted octanol–water partition coefficient (Wildman–Crippen LogP) is 1.31. The highest BCUT2D eigenvalue weighted by Crippen LogP contribution is 2.24. The molecule has 1 aromatic heterocycles. The molecule has 1 aromatic rings. The molecule has 2 unspecified atom stereocenters. The van der Waals surface area contributed by atoms with Gasteiger partial charge in [-0.05, 0) is 26.3 Å². The molecule has 1 aliphatic heterocycles. The summed E-state index contributed by atoms with van der Waals surface area (Å²) in [6.45, 7) is 0.864. The first-order chi connectivity index (χ1) is 7.42. The largest absolute Gasteiger partial charge is 0.376 e. The van der Waals surface area contributed by atoms with Gasteiger partial charge in [-0.25, -0.2) is 0 Å². The highest BCUT2D eigenvalue weighted by atomic mass is 16.5. The summed E-state index contributed by atoms with van der Waals surface area (Å²) in [5, 5.41) is 3.26. The van der Waals surface area contributed by atoms with Crippen molar-refractivity contribution in [2.24, 2.45) is 0 Å². The van der Waals surface area contributed by atoms with Crippen LogP contribution in [0.2, 0.25) is 0 Å². The first-order valence-corrected chi connectivity index (χ1v) is 5.46. The van der Waals surface area contributed by atoms with Crippen LogP contribution < -0.4 is 5.32 Å². The summed E-state index contributed by atoms with van der Waals surface area (Å²) in [6.07, 6.45) is 8.97. The van der Waals surface area contributed by atoms with E-state index < -0.39 is 0 Å². The molecule has 4 heteroatoms. The van der Waals surface area contributed by atoms with Crippen molar-refractivity contribution in [3.63, 3.8) is 0 Å². The lowest BCUT2D eigenvalue weighted by atomic mass is 10.00. The highest BCUT2D eigenvalue weighted by molar-refractivity contribution is 5.05. The summed E-state index contributed by atoms with van der Waals surface area (Å²) < 4.78 is 5.76. The zero-order chi connectivity index (χ0) is 10.5. The fourth-order valence-corrected chi connectivity index (χ4v) is 2.02. The van der Waals surface area contributed by atoms with E-state index in [0.29, 0.717) is 0 Å². The molecule has 0 bridgehead atoms. The van der Waals surface area contributed by atoms with Gasteiger partial charge in [-0.3, -0.25) is 9.97 Å². The van der Waals surface area contributed by atoms with Crippen molar-refractivity contribution in [2.75, 3.05) is 13.7 Å². The predicted molar refractivity (Wildman–Crippen MR) is 57.4 cm³/mol. The number of hydrogen-bond donors (Lipinski definition) is 1. The van der Waals surface area contributed by atoms with Crippen LogP contribution in [0.4, 0.5) is 0 Å². The smallest absolute Gasteiger partial charge is 0.0785 e. The third-order valence-corrected chi connectivity index (χ3v) is 2.80. The third-order valence-electron chi connectivity index (χ3n) is 2.80. The number of nitrogens with zero attached hydrogens (tertiary/aromatic N) is 2. The quantitative estimate of drug-likeness (QED) is 0.811. The summed E-state index contributed by atoms with van der Waals surface area (Å²) in [5.41, 5.74) is 0.965. The maximum Gasteiger partial charge on any atom is 0.0785 e. The standard InChI is InChI=1S/C11H17N3O/c1-12-11(9-8-13-5-6-14-9)10-4-2-3-7-15-10/h5-6,8,10-12H,2-4,7H2,1H3. The molecular weight excluding hydrogens is 190 g/mol. The average molecular weight is 207 g/mol. The van der Waals surface area contributed by atoms with E-state index in [4.69, 9.17) is 4.74 Å². The summed E-state index contributed by atoms with van der Waals surface area (Å²) in [7, 11) is 1.94. The monoisotopic (exact) mass is 207 g/mol. The summed E-state index contributed by atoms with van der Waals surface area (Å²) in [4.78, 5) is 8.41. The Morgan fingerprint density at radius 3 is 3.00 bits per heavy atom. The SMILES string of the molecule is CNC(c1cnccn1)C1CCCCO1. The topological polar surface area (TPSA) is 47.0 Å². The van der Waals surface area contributed by atoms with Crippen LogP contribution in [0.3, 0.4) is 0 Å². The first-order valence-electron chi connectivity index (χ1n) is 5.46. The lowest BCUT2D eigenvalue weighted by molar-refractivity contribution is -0.00755. The Hall–Kier alpha value is -1.00. The molecule has 0 saturated carbocycles. The second-order valence-electron chi connectivity index (χ2n) is 3.80. The van der Waals surface area contributed by atoms with Gasteiger partial charge in [-0.15, -0.1) is 0 Å². The Kier molecular flexibility index (Phi) is 3.64. The molecule has 0 aromatic carbocycles. The third kappa shape index (κ3) is 2.52. The minimum absolute atomic E-state index is 0.166. The number of rotatable bonds is 3. The molecule has 82 valence electrons. The van der Waals surface area contributed by atoms with Crippen molar-refractivity contribution in [1.82, 2.24) is 15.3 Å². The van der Waals surface area contributed by atoms with Crippen LogP contribution in [-0.4, -0.2) is 29.7 Å². The zero-order valence-electron chi connectivity index (χ0n) is 9.02. The molecule has 0 aliphatic carbocycles. The van der Waals surface area contributed by atoms with Gasteiger partial charge in [0.15, 0.2) is 0 Å². The van der Waals surface area contributed by atoms with Crippen molar-refractivity contribution in [1.29, 1.82) is 0 Å². The Labute approximate surface area is 90.1 Å². The van der Waals surface area contributed by atoms with Crippen molar-refractivity contribution in [3.8, 4) is 0 Å². The molecule has 0 spiro atoms. The first kappa shape index (κ1) is 10.5. The second-order valence-corrected chi connectivity index (χ2v) is 3.80. The van der Waals surface area contributed by atoms with Crippen molar-refractivity contribution in [2.45, 2.75) is 31.4 Å².